The number of carbonyl (C=O) groups is 1. The summed E-state index contributed by atoms with van der Waals surface area (Å²) in [5.41, 5.74) is 7.93. The first-order chi connectivity index (χ1) is 19.0. The van der Waals surface area contributed by atoms with Crippen LogP contribution in [0.2, 0.25) is 5.02 Å². The van der Waals surface area contributed by atoms with Gasteiger partial charge in [0.15, 0.2) is 12.2 Å². The van der Waals surface area contributed by atoms with E-state index in [0.29, 0.717) is 39.2 Å². The Bertz CT molecular complexity index is 1580. The smallest absolute Gasteiger partial charge is 0.231 e. The molecule has 1 aliphatic heterocycles. The Morgan fingerprint density at radius 3 is 2.73 bits per heavy atom. The van der Waals surface area contributed by atoms with Gasteiger partial charge in [0, 0.05) is 29.2 Å². The molecule has 0 spiro atoms. The van der Waals surface area contributed by atoms with Crippen molar-refractivity contribution in [1.82, 2.24) is 24.6 Å². The van der Waals surface area contributed by atoms with Gasteiger partial charge in [-0.15, -0.1) is 0 Å². The number of aliphatic hydroxyl groups excluding tert-OH is 2. The van der Waals surface area contributed by atoms with E-state index in [-0.39, 0.29) is 24.7 Å². The third-order valence-electron chi connectivity index (χ3n) is 6.91. The number of pyridine rings is 1. The number of hydrogen-bond acceptors (Lipinski definition) is 8. The van der Waals surface area contributed by atoms with Gasteiger partial charge >= 0.3 is 0 Å². The summed E-state index contributed by atoms with van der Waals surface area (Å²) in [7, 11) is 0. The lowest BCUT2D eigenvalue weighted by Crippen LogP contribution is -2.45. The summed E-state index contributed by atoms with van der Waals surface area (Å²) in [6.45, 7) is 3.07. The van der Waals surface area contributed by atoms with Crippen LogP contribution in [0.3, 0.4) is 0 Å². The summed E-state index contributed by atoms with van der Waals surface area (Å²) in [5.74, 6) is -1.36. The second-order valence-corrected chi connectivity index (χ2v) is 10.0. The van der Waals surface area contributed by atoms with Crippen LogP contribution in [0, 0.1) is 18.6 Å². The van der Waals surface area contributed by atoms with Gasteiger partial charge in [-0.3, -0.25) is 9.69 Å². The van der Waals surface area contributed by atoms with E-state index in [9.17, 15) is 23.8 Å². The van der Waals surface area contributed by atoms with E-state index in [1.54, 1.807) is 32.0 Å². The number of para-hydroxylation sites is 1. The fraction of sp³-hybridized carbons (Fsp3) is 0.296. The zero-order valence-corrected chi connectivity index (χ0v) is 22.4. The number of benzene rings is 2. The lowest BCUT2D eigenvalue weighted by atomic mass is 10.00. The number of fused-ring (bicyclic) bond motifs is 1. The standard InChI is InChI=1S/C27H27ClF2N6O4/c1-14-6-22(36-10-17(30)9-32-36)18-4-3-5-23(26(18)33-14)40-13-20-19(7-16(29)8-21(20)28)15(2)34-12-25(38)35(27(34)39)11-24(31)37/h3-10,15,25,27,38-39H,11-13H2,1-2H3,(H2,31,37)/t15-,25-,27-/m0/s1. The van der Waals surface area contributed by atoms with Crippen LogP contribution in [-0.4, -0.2) is 66.4 Å². The Balaban J connectivity index is 1.47. The third kappa shape index (κ3) is 5.36. The molecule has 0 bridgehead atoms. The minimum Gasteiger partial charge on any atom is -0.487 e. The Morgan fingerprint density at radius 1 is 1.25 bits per heavy atom. The maximum absolute atomic E-state index is 14.5. The zero-order chi connectivity index (χ0) is 28.7. The highest BCUT2D eigenvalue weighted by atomic mass is 35.5. The molecular formula is C27H27ClF2N6O4. The molecule has 0 aliphatic carbocycles. The van der Waals surface area contributed by atoms with Crippen molar-refractivity contribution >= 4 is 28.4 Å². The molecule has 2 aromatic heterocycles. The van der Waals surface area contributed by atoms with Gasteiger partial charge in [-0.2, -0.15) is 5.10 Å². The first-order valence-electron chi connectivity index (χ1n) is 12.4. The molecule has 2 aromatic carbocycles. The van der Waals surface area contributed by atoms with E-state index in [1.165, 1.54) is 27.9 Å². The summed E-state index contributed by atoms with van der Waals surface area (Å²) < 4.78 is 35.8. The molecule has 13 heteroatoms. The van der Waals surface area contributed by atoms with Gasteiger partial charge in [0.2, 0.25) is 5.91 Å². The maximum atomic E-state index is 14.5. The Labute approximate surface area is 233 Å². The van der Waals surface area contributed by atoms with Crippen molar-refractivity contribution in [3.63, 3.8) is 0 Å². The fourth-order valence-electron chi connectivity index (χ4n) is 5.00. The van der Waals surface area contributed by atoms with Crippen LogP contribution in [0.15, 0.2) is 48.8 Å². The van der Waals surface area contributed by atoms with Crippen molar-refractivity contribution < 1.29 is 28.5 Å². The van der Waals surface area contributed by atoms with Crippen LogP contribution < -0.4 is 10.5 Å². The number of nitrogens with zero attached hydrogens (tertiary/aromatic N) is 5. The number of carbonyl (C=O) groups excluding carboxylic acids is 1. The molecule has 0 saturated carbocycles. The summed E-state index contributed by atoms with van der Waals surface area (Å²) in [6.07, 6.45) is -0.118. The van der Waals surface area contributed by atoms with Gasteiger partial charge < -0.3 is 20.7 Å². The normalized spacial score (nSPS) is 18.9. The summed E-state index contributed by atoms with van der Waals surface area (Å²) in [5, 5.41) is 26.0. The van der Waals surface area contributed by atoms with Crippen LogP contribution >= 0.6 is 11.6 Å². The van der Waals surface area contributed by atoms with Crippen molar-refractivity contribution in [3.05, 3.63) is 82.3 Å². The molecule has 4 aromatic rings. The third-order valence-corrected chi connectivity index (χ3v) is 7.25. The number of β-amino-alcohol motifs (C(OH)–C–C–N with tert-alkyl or cyclic N) is 1. The molecule has 1 saturated heterocycles. The summed E-state index contributed by atoms with van der Waals surface area (Å²) in [4.78, 5) is 18.7. The molecule has 1 fully saturated rings. The van der Waals surface area contributed by atoms with E-state index in [2.05, 4.69) is 10.1 Å². The second kappa shape index (κ2) is 11.1. The number of ether oxygens (including phenoxy) is 1. The molecular weight excluding hydrogens is 546 g/mol. The van der Waals surface area contributed by atoms with Gasteiger partial charge in [0.25, 0.3) is 0 Å². The van der Waals surface area contributed by atoms with Crippen molar-refractivity contribution in [1.29, 1.82) is 0 Å². The predicted molar refractivity (Wildman–Crippen MR) is 142 cm³/mol. The highest BCUT2D eigenvalue weighted by Gasteiger charge is 2.41. The molecule has 40 heavy (non-hydrogen) atoms. The van der Waals surface area contributed by atoms with Gasteiger partial charge in [0.05, 0.1) is 29.6 Å². The van der Waals surface area contributed by atoms with Crippen molar-refractivity contribution in [2.24, 2.45) is 5.73 Å². The number of rotatable bonds is 8. The van der Waals surface area contributed by atoms with E-state index in [0.717, 1.165) is 11.1 Å². The molecule has 3 atom stereocenters. The van der Waals surface area contributed by atoms with Crippen molar-refractivity contribution in [2.75, 3.05) is 13.1 Å². The summed E-state index contributed by atoms with van der Waals surface area (Å²) in [6, 6.07) is 8.92. The molecule has 0 unspecified atom stereocenters. The van der Waals surface area contributed by atoms with Crippen molar-refractivity contribution in [3.8, 4) is 11.4 Å². The number of aryl methyl sites for hydroxylation is 1. The number of hydrogen-bond donors (Lipinski definition) is 3. The average Bonchev–Trinajstić information content (AvgIpc) is 3.45. The first kappa shape index (κ1) is 27.9. The predicted octanol–water partition coefficient (Wildman–Crippen LogP) is 3.00. The number of halogens is 3. The zero-order valence-electron chi connectivity index (χ0n) is 21.6. The van der Waals surface area contributed by atoms with Gasteiger partial charge in [-0.25, -0.2) is 23.3 Å². The van der Waals surface area contributed by atoms with Gasteiger partial charge in [-0.1, -0.05) is 23.7 Å². The minimum absolute atomic E-state index is 0.0205. The van der Waals surface area contributed by atoms with Gasteiger partial charge in [0.1, 0.15) is 29.9 Å². The van der Waals surface area contributed by atoms with Crippen LogP contribution in [0.5, 0.6) is 5.75 Å². The first-order valence-corrected chi connectivity index (χ1v) is 12.8. The second-order valence-electron chi connectivity index (χ2n) is 9.62. The lowest BCUT2D eigenvalue weighted by molar-refractivity contribution is -0.133. The van der Waals surface area contributed by atoms with Crippen LogP contribution in [0.4, 0.5) is 8.78 Å². The van der Waals surface area contributed by atoms with E-state index >= 15 is 0 Å². The Morgan fingerprint density at radius 2 is 2.02 bits per heavy atom. The van der Waals surface area contributed by atoms with Crippen LogP contribution in [0.25, 0.3) is 16.6 Å². The number of amides is 1. The highest BCUT2D eigenvalue weighted by molar-refractivity contribution is 6.31. The molecule has 210 valence electrons. The Hall–Kier alpha value is -3.68. The molecule has 1 aliphatic rings. The molecule has 3 heterocycles. The largest absolute Gasteiger partial charge is 0.487 e. The maximum Gasteiger partial charge on any atom is 0.231 e. The van der Waals surface area contributed by atoms with E-state index < -0.39 is 36.2 Å². The van der Waals surface area contributed by atoms with Crippen molar-refractivity contribution in [2.45, 2.75) is 39.1 Å². The Kier molecular flexibility index (Phi) is 7.71. The highest BCUT2D eigenvalue weighted by Crippen LogP contribution is 2.36. The number of aromatic nitrogens is 3. The molecule has 5 rings (SSSR count). The van der Waals surface area contributed by atoms with Crippen LogP contribution in [0.1, 0.15) is 29.8 Å². The number of nitrogens with two attached hydrogens (primary N) is 1. The quantitative estimate of drug-likeness (QED) is 0.294. The molecule has 10 nitrogen and oxygen atoms in total. The van der Waals surface area contributed by atoms with E-state index in [4.69, 9.17) is 22.1 Å². The molecule has 1 amide bonds. The number of primary amides is 1. The average molecular weight is 573 g/mol. The fourth-order valence-corrected chi connectivity index (χ4v) is 5.27. The lowest BCUT2D eigenvalue weighted by Gasteiger charge is -2.31. The monoisotopic (exact) mass is 572 g/mol. The molecule has 4 N–H and O–H groups in total. The van der Waals surface area contributed by atoms with E-state index in [1.807, 2.05) is 6.07 Å². The van der Waals surface area contributed by atoms with Gasteiger partial charge in [-0.05, 0) is 43.7 Å². The van der Waals surface area contributed by atoms with Crippen LogP contribution in [-0.2, 0) is 11.4 Å². The number of aliphatic hydroxyl groups is 2. The molecule has 0 radical (unpaired) electrons. The minimum atomic E-state index is -1.34. The summed E-state index contributed by atoms with van der Waals surface area (Å²) >= 11 is 6.48. The SMILES string of the molecule is Cc1cc(-n2cc(F)cn2)c2cccc(OCc3c(Cl)cc(F)cc3[C@H](C)N3C[C@H](O)N(CC(N)=O)[C@H]3O)c2n1. The topological polar surface area (TPSA) is 130 Å².